The number of benzene rings is 1. The van der Waals surface area contributed by atoms with Crippen molar-refractivity contribution in [2.75, 3.05) is 11.5 Å². The lowest BCUT2D eigenvalue weighted by Gasteiger charge is -2.22. The Morgan fingerprint density at radius 2 is 2.18 bits per heavy atom. The van der Waals surface area contributed by atoms with E-state index >= 15 is 0 Å². The van der Waals surface area contributed by atoms with Crippen LogP contribution in [0.1, 0.15) is 24.4 Å². The highest BCUT2D eigenvalue weighted by atomic mass is 32.2. The number of nitrogens with one attached hydrogen (secondary N) is 1. The smallest absolute Gasteiger partial charge is 0.253 e. The van der Waals surface area contributed by atoms with E-state index in [4.69, 9.17) is 0 Å². The van der Waals surface area contributed by atoms with Gasteiger partial charge < -0.3 is 10.4 Å². The third kappa shape index (κ3) is 3.19. The van der Waals surface area contributed by atoms with E-state index in [0.29, 0.717) is 12.2 Å². The molecule has 1 aliphatic heterocycles. The lowest BCUT2D eigenvalue weighted by Crippen LogP contribution is -2.47. The third-order valence-electron chi connectivity index (χ3n) is 3.73. The normalized spacial score (nSPS) is 22.5. The fourth-order valence-electron chi connectivity index (χ4n) is 2.35. The van der Waals surface area contributed by atoms with E-state index in [-0.39, 0.29) is 11.9 Å². The molecule has 4 nitrogen and oxygen atoms in total. The van der Waals surface area contributed by atoms with Gasteiger partial charge in [-0.25, -0.2) is 4.98 Å². The summed E-state index contributed by atoms with van der Waals surface area (Å²) in [6.07, 6.45) is 0.517. The zero-order valence-corrected chi connectivity index (χ0v) is 13.9. The highest BCUT2D eigenvalue weighted by Crippen LogP contribution is 2.30. The Hall–Kier alpha value is -1.37. The number of amides is 1. The molecule has 2 aromatic rings. The highest BCUT2D eigenvalue weighted by Gasteiger charge is 2.40. The molecule has 1 fully saturated rings. The summed E-state index contributed by atoms with van der Waals surface area (Å²) in [6, 6.07) is 9.75. The van der Waals surface area contributed by atoms with Gasteiger partial charge in [-0.05, 0) is 19.1 Å². The summed E-state index contributed by atoms with van der Waals surface area (Å²) >= 11 is 3.13. The first-order chi connectivity index (χ1) is 10.6. The topological polar surface area (TPSA) is 62.2 Å². The minimum absolute atomic E-state index is 0.204. The molecule has 0 spiro atoms. The van der Waals surface area contributed by atoms with Gasteiger partial charge in [-0.1, -0.05) is 30.3 Å². The van der Waals surface area contributed by atoms with Crippen molar-refractivity contribution in [3.05, 3.63) is 40.7 Å². The van der Waals surface area contributed by atoms with Crippen LogP contribution in [0.15, 0.2) is 35.7 Å². The van der Waals surface area contributed by atoms with Gasteiger partial charge in [0.2, 0.25) is 0 Å². The van der Waals surface area contributed by atoms with Crippen LogP contribution in [0.25, 0.3) is 11.3 Å². The first-order valence-electron chi connectivity index (χ1n) is 7.20. The zero-order chi connectivity index (χ0) is 15.6. The predicted molar refractivity (Wildman–Crippen MR) is 91.0 cm³/mol. The first kappa shape index (κ1) is 15.5. The monoisotopic (exact) mass is 334 g/mol. The number of aromatic nitrogens is 1. The number of rotatable bonds is 4. The molecule has 3 rings (SSSR count). The van der Waals surface area contributed by atoms with Gasteiger partial charge >= 0.3 is 0 Å². The van der Waals surface area contributed by atoms with Gasteiger partial charge in [0.15, 0.2) is 5.60 Å². The summed E-state index contributed by atoms with van der Waals surface area (Å²) in [5.74, 6) is 1.01. The fourth-order valence-corrected chi connectivity index (χ4v) is 4.43. The van der Waals surface area contributed by atoms with Crippen LogP contribution in [0, 0.1) is 0 Å². The van der Waals surface area contributed by atoms with E-state index in [1.54, 1.807) is 11.8 Å². The van der Waals surface area contributed by atoms with Gasteiger partial charge in [0.1, 0.15) is 5.01 Å². The third-order valence-corrected chi connectivity index (χ3v) is 5.93. The van der Waals surface area contributed by atoms with E-state index in [9.17, 15) is 9.90 Å². The van der Waals surface area contributed by atoms with E-state index in [0.717, 1.165) is 22.0 Å². The molecule has 22 heavy (non-hydrogen) atoms. The quantitative estimate of drug-likeness (QED) is 0.902. The summed E-state index contributed by atoms with van der Waals surface area (Å²) in [7, 11) is 0. The summed E-state index contributed by atoms with van der Waals surface area (Å²) in [6.45, 7) is 1.90. The molecule has 0 radical (unpaired) electrons. The maximum absolute atomic E-state index is 12.2. The summed E-state index contributed by atoms with van der Waals surface area (Å²) < 4.78 is 0. The summed E-state index contributed by atoms with van der Waals surface area (Å²) in [5, 5.41) is 16.0. The largest absolute Gasteiger partial charge is 0.379 e. The number of aliphatic hydroxyl groups is 1. The summed E-state index contributed by atoms with van der Waals surface area (Å²) in [5.41, 5.74) is 0.754. The molecule has 1 aromatic heterocycles. The Labute approximate surface area is 138 Å². The molecule has 0 bridgehead atoms. The van der Waals surface area contributed by atoms with E-state index < -0.39 is 5.60 Å². The van der Waals surface area contributed by atoms with Crippen LogP contribution in [0.2, 0.25) is 0 Å². The Bertz CT molecular complexity index is 651. The van der Waals surface area contributed by atoms with Crippen LogP contribution in [0.4, 0.5) is 0 Å². The molecule has 1 saturated heterocycles. The maximum atomic E-state index is 12.2. The maximum Gasteiger partial charge on any atom is 0.253 e. The average Bonchev–Trinajstić information content (AvgIpc) is 3.18. The van der Waals surface area contributed by atoms with Gasteiger partial charge in [0.25, 0.3) is 5.91 Å². The van der Waals surface area contributed by atoms with E-state index in [1.165, 1.54) is 11.3 Å². The van der Waals surface area contributed by atoms with Crippen LogP contribution in [0.5, 0.6) is 0 Å². The van der Waals surface area contributed by atoms with Gasteiger partial charge in [0.05, 0.1) is 11.7 Å². The predicted octanol–water partition coefficient (Wildman–Crippen LogP) is 2.86. The molecule has 1 amide bonds. The van der Waals surface area contributed by atoms with Crippen molar-refractivity contribution in [2.24, 2.45) is 0 Å². The van der Waals surface area contributed by atoms with Crippen LogP contribution >= 0.6 is 23.1 Å². The van der Waals surface area contributed by atoms with Crippen LogP contribution in [-0.4, -0.2) is 33.1 Å². The summed E-state index contributed by atoms with van der Waals surface area (Å²) in [4.78, 5) is 16.8. The Morgan fingerprint density at radius 3 is 2.86 bits per heavy atom. The van der Waals surface area contributed by atoms with Crippen molar-refractivity contribution in [1.82, 2.24) is 10.3 Å². The van der Waals surface area contributed by atoms with Gasteiger partial charge in [0, 0.05) is 16.7 Å². The highest BCUT2D eigenvalue weighted by molar-refractivity contribution is 7.99. The number of nitrogens with zero attached hydrogens (tertiary/aromatic N) is 1. The van der Waals surface area contributed by atoms with Crippen molar-refractivity contribution in [2.45, 2.75) is 25.0 Å². The van der Waals surface area contributed by atoms with Gasteiger partial charge in [-0.2, -0.15) is 11.8 Å². The molecule has 2 heterocycles. The van der Waals surface area contributed by atoms with Crippen LogP contribution < -0.4 is 5.32 Å². The second-order valence-electron chi connectivity index (χ2n) is 5.47. The lowest BCUT2D eigenvalue weighted by atomic mass is 10.0. The molecule has 6 heteroatoms. The van der Waals surface area contributed by atoms with E-state index in [2.05, 4.69) is 10.3 Å². The van der Waals surface area contributed by atoms with Gasteiger partial charge in [-0.3, -0.25) is 4.79 Å². The molecule has 1 aliphatic rings. The number of hydrogen-bond donors (Lipinski definition) is 2. The first-order valence-corrected chi connectivity index (χ1v) is 9.24. The molecular formula is C16H18N2O2S2. The number of carbonyl (C=O) groups is 1. The number of hydrogen-bond acceptors (Lipinski definition) is 5. The van der Waals surface area contributed by atoms with Crippen LogP contribution in [0.3, 0.4) is 0 Å². The van der Waals surface area contributed by atoms with Gasteiger partial charge in [-0.15, -0.1) is 11.3 Å². The fraction of sp³-hybridized carbons (Fsp3) is 0.375. The SMILES string of the molecule is CC(NC(=O)C1(O)CCSC1)c1nc(-c2ccccc2)cs1. The lowest BCUT2D eigenvalue weighted by molar-refractivity contribution is -0.137. The molecule has 1 aromatic carbocycles. The van der Waals surface area contributed by atoms with Crippen molar-refractivity contribution in [3.8, 4) is 11.3 Å². The zero-order valence-electron chi connectivity index (χ0n) is 12.3. The van der Waals surface area contributed by atoms with Crippen molar-refractivity contribution >= 4 is 29.0 Å². The van der Waals surface area contributed by atoms with Crippen molar-refractivity contribution in [1.29, 1.82) is 0 Å². The van der Waals surface area contributed by atoms with Crippen LogP contribution in [-0.2, 0) is 4.79 Å². The van der Waals surface area contributed by atoms with Crippen molar-refractivity contribution < 1.29 is 9.90 Å². The second kappa shape index (κ2) is 6.40. The van der Waals surface area contributed by atoms with Crippen molar-refractivity contribution in [3.63, 3.8) is 0 Å². The number of carbonyl (C=O) groups excluding carboxylic acids is 1. The standard InChI is InChI=1S/C16H18N2O2S2/c1-11(17-15(19)16(20)7-8-21-10-16)14-18-13(9-22-14)12-5-3-2-4-6-12/h2-6,9,11,20H,7-8,10H2,1H3,(H,17,19). The molecule has 2 N–H and O–H groups in total. The molecular weight excluding hydrogens is 316 g/mol. The molecule has 116 valence electrons. The number of thiazole rings is 1. The average molecular weight is 334 g/mol. The van der Waals surface area contributed by atoms with E-state index in [1.807, 2.05) is 42.6 Å². The molecule has 2 atom stereocenters. The molecule has 2 unspecified atom stereocenters. The molecule has 0 aliphatic carbocycles. The second-order valence-corrected chi connectivity index (χ2v) is 7.46. The molecule has 0 saturated carbocycles. The minimum Gasteiger partial charge on any atom is -0.379 e. The Balaban J connectivity index is 1.69. The minimum atomic E-state index is -1.22. The Kier molecular flexibility index (Phi) is 4.52. The Morgan fingerprint density at radius 1 is 1.41 bits per heavy atom. The number of thioether (sulfide) groups is 1.